The summed E-state index contributed by atoms with van der Waals surface area (Å²) in [6.07, 6.45) is 1.04. The smallest absolute Gasteiger partial charge is 0.230 e. The summed E-state index contributed by atoms with van der Waals surface area (Å²) >= 11 is 0. The first-order valence-electron chi connectivity index (χ1n) is 14.6. The van der Waals surface area contributed by atoms with Gasteiger partial charge in [0.25, 0.3) is 0 Å². The molecule has 0 radical (unpaired) electrons. The molecular weight excluding hydrogens is 536 g/mol. The number of carbonyl (C=O) groups excluding carboxylic acids is 2. The van der Waals surface area contributed by atoms with Gasteiger partial charge in [0, 0.05) is 36.6 Å². The molecule has 3 aromatic rings. The van der Waals surface area contributed by atoms with Crippen LogP contribution in [0.4, 0.5) is 5.69 Å². The maximum absolute atomic E-state index is 13.2. The average Bonchev–Trinajstić information content (AvgIpc) is 3.12. The highest BCUT2D eigenvalue weighted by Gasteiger charge is 2.46. The van der Waals surface area contributed by atoms with Crippen molar-refractivity contribution in [2.24, 2.45) is 5.92 Å². The van der Waals surface area contributed by atoms with Gasteiger partial charge < -0.3 is 34.7 Å². The highest BCUT2D eigenvalue weighted by Crippen LogP contribution is 2.46. The van der Waals surface area contributed by atoms with Crippen LogP contribution in [0.5, 0.6) is 17.2 Å². The summed E-state index contributed by atoms with van der Waals surface area (Å²) in [6, 6.07) is 22.8. The third kappa shape index (κ3) is 6.59. The lowest BCUT2D eigenvalue weighted by molar-refractivity contribution is -0.148. The zero-order chi connectivity index (χ0) is 28.9. The molecular formula is C33H36N2O7. The molecule has 3 heterocycles. The predicted molar refractivity (Wildman–Crippen MR) is 156 cm³/mol. The van der Waals surface area contributed by atoms with Crippen molar-refractivity contribution in [2.45, 2.75) is 56.5 Å². The van der Waals surface area contributed by atoms with Gasteiger partial charge in [-0.05, 0) is 54.4 Å². The van der Waals surface area contributed by atoms with E-state index in [1.807, 2.05) is 72.8 Å². The van der Waals surface area contributed by atoms with Gasteiger partial charge in [0.05, 0.1) is 44.4 Å². The van der Waals surface area contributed by atoms with Gasteiger partial charge in [-0.3, -0.25) is 9.59 Å². The molecule has 3 N–H and O–H groups in total. The second-order valence-electron chi connectivity index (χ2n) is 11.1. The molecule has 0 saturated carbocycles. The molecule has 4 atom stereocenters. The minimum absolute atomic E-state index is 0.0419. The fourth-order valence-electron chi connectivity index (χ4n) is 6.04. The van der Waals surface area contributed by atoms with Gasteiger partial charge in [-0.15, -0.1) is 0 Å². The molecule has 42 heavy (non-hydrogen) atoms. The van der Waals surface area contributed by atoms with Gasteiger partial charge >= 0.3 is 0 Å². The number of ether oxygens (including phenoxy) is 4. The minimum atomic E-state index is -0.733. The third-order valence-corrected chi connectivity index (χ3v) is 8.14. The van der Waals surface area contributed by atoms with Crippen LogP contribution in [0.3, 0.4) is 0 Å². The van der Waals surface area contributed by atoms with Crippen LogP contribution in [-0.2, 0) is 25.6 Å². The van der Waals surface area contributed by atoms with Crippen molar-refractivity contribution in [1.82, 2.24) is 5.32 Å². The van der Waals surface area contributed by atoms with E-state index in [1.165, 1.54) is 0 Å². The Morgan fingerprint density at radius 3 is 2.52 bits per heavy atom. The number of anilines is 1. The Kier molecular flexibility index (Phi) is 8.69. The van der Waals surface area contributed by atoms with E-state index >= 15 is 0 Å². The molecule has 3 aliphatic heterocycles. The Bertz CT molecular complexity index is 1370. The molecule has 220 valence electrons. The summed E-state index contributed by atoms with van der Waals surface area (Å²) in [4.78, 5) is 26.2. The molecule has 0 unspecified atom stereocenters. The van der Waals surface area contributed by atoms with Crippen molar-refractivity contribution in [3.05, 3.63) is 83.9 Å². The number of amides is 2. The van der Waals surface area contributed by atoms with Gasteiger partial charge in [0.2, 0.25) is 11.8 Å². The van der Waals surface area contributed by atoms with E-state index in [1.54, 1.807) is 0 Å². The Balaban J connectivity index is 1.10. The predicted octanol–water partition coefficient (Wildman–Crippen LogP) is 4.54. The Morgan fingerprint density at radius 1 is 1.00 bits per heavy atom. The Labute approximate surface area is 245 Å². The summed E-state index contributed by atoms with van der Waals surface area (Å²) in [7, 11) is 0. The lowest BCUT2D eigenvalue weighted by Crippen LogP contribution is -2.48. The van der Waals surface area contributed by atoms with Crippen molar-refractivity contribution in [3.63, 3.8) is 0 Å². The quantitative estimate of drug-likeness (QED) is 0.345. The van der Waals surface area contributed by atoms with E-state index in [0.717, 1.165) is 35.5 Å². The van der Waals surface area contributed by atoms with Gasteiger partial charge in [0.15, 0.2) is 0 Å². The van der Waals surface area contributed by atoms with Crippen molar-refractivity contribution < 1.29 is 33.6 Å². The lowest BCUT2D eigenvalue weighted by atomic mass is 9.76. The van der Waals surface area contributed by atoms with Crippen LogP contribution in [-0.4, -0.2) is 55.1 Å². The van der Waals surface area contributed by atoms with E-state index in [9.17, 15) is 14.7 Å². The summed E-state index contributed by atoms with van der Waals surface area (Å²) in [5.41, 5.74) is 2.54. The molecule has 0 aromatic heterocycles. The number of para-hydroxylation sites is 1. The minimum Gasteiger partial charge on any atom is -0.490 e. The fraction of sp³-hybridized carbons (Fsp3) is 0.394. The number of benzene rings is 3. The first kappa shape index (κ1) is 28.2. The second kappa shape index (κ2) is 12.9. The van der Waals surface area contributed by atoms with Crippen LogP contribution in [0, 0.1) is 5.92 Å². The van der Waals surface area contributed by atoms with Gasteiger partial charge in [-0.1, -0.05) is 30.3 Å². The third-order valence-electron chi connectivity index (χ3n) is 8.14. The van der Waals surface area contributed by atoms with Crippen LogP contribution >= 0.6 is 0 Å². The van der Waals surface area contributed by atoms with Crippen LogP contribution in [0.25, 0.3) is 0 Å². The van der Waals surface area contributed by atoms with Crippen molar-refractivity contribution in [2.75, 3.05) is 25.1 Å². The van der Waals surface area contributed by atoms with E-state index in [0.29, 0.717) is 37.6 Å². The van der Waals surface area contributed by atoms with Crippen LogP contribution in [0.2, 0.25) is 0 Å². The van der Waals surface area contributed by atoms with Crippen LogP contribution < -0.4 is 20.1 Å². The van der Waals surface area contributed by atoms with E-state index in [4.69, 9.17) is 18.9 Å². The monoisotopic (exact) mass is 572 g/mol. The lowest BCUT2D eigenvalue weighted by Gasteiger charge is -2.40. The van der Waals surface area contributed by atoms with Gasteiger partial charge in [-0.2, -0.15) is 0 Å². The zero-order valence-electron chi connectivity index (χ0n) is 23.4. The topological polar surface area (TPSA) is 115 Å². The number of fused-ring (bicyclic) bond motifs is 4. The standard InChI is InChI=1S/C33H36N2O7/c36-20-30-32-28(27-16-22(35-33(32)38)8-11-29(27)41-25-12-14-39-15-13-25)17-26(42-30)18-31(37)34-19-21-6-9-24(10-7-21)40-23-4-2-1-3-5-23/h1-11,16,25-26,28,30,32,36H,12-15,17-20H2,(H,34,37)(H,35,38)/t26-,28+,30-,32-/m1/s1. The average molecular weight is 573 g/mol. The number of hydrogen-bond acceptors (Lipinski definition) is 7. The van der Waals surface area contributed by atoms with Crippen LogP contribution in [0.15, 0.2) is 72.8 Å². The number of carbonyl (C=O) groups is 2. The SMILES string of the molecule is O=C(C[C@H]1C[C@H]2c3cc(ccc3OC3CCOCC3)NC(=O)[C@H]2[C@@H](CO)O1)NCc1ccc(Oc2ccccc2)cc1. The molecule has 9 nitrogen and oxygen atoms in total. The van der Waals surface area contributed by atoms with Gasteiger partial charge in [0.1, 0.15) is 23.4 Å². The summed E-state index contributed by atoms with van der Waals surface area (Å²) in [6.45, 7) is 1.36. The summed E-state index contributed by atoms with van der Waals surface area (Å²) < 4.78 is 23.9. The van der Waals surface area contributed by atoms with Crippen molar-refractivity contribution >= 4 is 17.5 Å². The van der Waals surface area contributed by atoms with Crippen molar-refractivity contribution in [1.29, 1.82) is 0 Å². The molecule has 0 aliphatic carbocycles. The number of rotatable bonds is 9. The maximum Gasteiger partial charge on any atom is 0.230 e. The van der Waals surface area contributed by atoms with Crippen LogP contribution in [0.1, 0.15) is 42.7 Å². The molecule has 2 bridgehead atoms. The summed E-state index contributed by atoms with van der Waals surface area (Å²) in [5, 5.41) is 16.1. The highest BCUT2D eigenvalue weighted by atomic mass is 16.5. The molecule has 9 heteroatoms. The largest absolute Gasteiger partial charge is 0.490 e. The second-order valence-corrected chi connectivity index (χ2v) is 11.1. The molecule has 3 aromatic carbocycles. The van der Waals surface area contributed by atoms with E-state index < -0.39 is 18.1 Å². The van der Waals surface area contributed by atoms with Crippen molar-refractivity contribution in [3.8, 4) is 17.2 Å². The number of aliphatic hydroxyl groups excluding tert-OH is 1. The molecule has 3 aliphatic rings. The normalized spacial score (nSPS) is 23.7. The molecule has 2 saturated heterocycles. The molecule has 2 amide bonds. The maximum atomic E-state index is 13.2. The molecule has 0 spiro atoms. The van der Waals surface area contributed by atoms with Gasteiger partial charge in [-0.25, -0.2) is 0 Å². The summed E-state index contributed by atoms with van der Waals surface area (Å²) in [5.74, 6) is 0.998. The highest BCUT2D eigenvalue weighted by molar-refractivity contribution is 5.95. The number of hydrogen-bond donors (Lipinski definition) is 3. The molecule has 2 fully saturated rings. The van der Waals surface area contributed by atoms with E-state index in [2.05, 4.69) is 10.6 Å². The first-order chi connectivity index (χ1) is 20.6. The fourth-order valence-corrected chi connectivity index (χ4v) is 6.04. The Hall–Kier alpha value is -3.92. The first-order valence-corrected chi connectivity index (χ1v) is 14.6. The Morgan fingerprint density at radius 2 is 1.76 bits per heavy atom. The number of aliphatic hydroxyl groups is 1. The zero-order valence-corrected chi connectivity index (χ0v) is 23.4. The number of nitrogens with one attached hydrogen (secondary N) is 2. The molecule has 6 rings (SSSR count). The van der Waals surface area contributed by atoms with E-state index in [-0.39, 0.29) is 36.9 Å².